The maximum atomic E-state index is 4.35. The zero-order chi connectivity index (χ0) is 15.2. The zero-order valence-corrected chi connectivity index (χ0v) is 12.5. The van der Waals surface area contributed by atoms with Gasteiger partial charge in [0.1, 0.15) is 0 Å². The van der Waals surface area contributed by atoms with E-state index in [9.17, 15) is 0 Å². The lowest BCUT2D eigenvalue weighted by Gasteiger charge is -2.17. The topological polar surface area (TPSA) is 66.0 Å². The van der Waals surface area contributed by atoms with Crippen LogP contribution >= 0.6 is 0 Å². The van der Waals surface area contributed by atoms with Crippen molar-refractivity contribution >= 4 is 23.1 Å². The minimum absolute atomic E-state index is 0.475. The van der Waals surface area contributed by atoms with Crippen LogP contribution in [0.1, 0.15) is 12.8 Å². The van der Waals surface area contributed by atoms with Crippen LogP contribution in [0.15, 0.2) is 43.1 Å². The summed E-state index contributed by atoms with van der Waals surface area (Å²) in [5.74, 6) is 1.15. The van der Waals surface area contributed by atoms with Gasteiger partial charge in [-0.25, -0.2) is 0 Å². The van der Waals surface area contributed by atoms with Crippen molar-refractivity contribution < 1.29 is 0 Å². The Balaban J connectivity index is 1.66. The van der Waals surface area contributed by atoms with Gasteiger partial charge in [0.25, 0.3) is 0 Å². The minimum atomic E-state index is 0.475. The number of nitrogens with zero attached hydrogens (tertiary/aromatic N) is 4. The van der Waals surface area contributed by atoms with E-state index in [0.29, 0.717) is 18.3 Å². The van der Waals surface area contributed by atoms with Crippen LogP contribution in [0.4, 0.5) is 23.1 Å². The summed E-state index contributed by atoms with van der Waals surface area (Å²) < 4.78 is 0. The van der Waals surface area contributed by atoms with Crippen molar-refractivity contribution in [3.63, 3.8) is 0 Å². The second-order valence-corrected chi connectivity index (χ2v) is 5.20. The van der Waals surface area contributed by atoms with Gasteiger partial charge in [0.2, 0.25) is 5.95 Å². The quantitative estimate of drug-likeness (QED) is 0.799. The van der Waals surface area contributed by atoms with E-state index in [-0.39, 0.29) is 0 Å². The summed E-state index contributed by atoms with van der Waals surface area (Å²) >= 11 is 0. The van der Waals surface area contributed by atoms with Gasteiger partial charge in [-0.15, -0.1) is 11.7 Å². The molecule has 0 atom stereocenters. The van der Waals surface area contributed by atoms with Gasteiger partial charge in [0.15, 0.2) is 5.82 Å². The average Bonchev–Trinajstić information content (AvgIpc) is 3.08. The second-order valence-electron chi connectivity index (χ2n) is 5.20. The first-order valence-corrected chi connectivity index (χ1v) is 7.52. The average molecular weight is 296 g/mol. The molecule has 6 nitrogen and oxygen atoms in total. The van der Waals surface area contributed by atoms with Crippen molar-refractivity contribution in [2.75, 3.05) is 35.2 Å². The predicted molar refractivity (Wildman–Crippen MR) is 89.7 cm³/mol. The Hall–Kier alpha value is -2.63. The zero-order valence-electron chi connectivity index (χ0n) is 12.5. The first-order valence-electron chi connectivity index (χ1n) is 7.52. The number of benzene rings is 1. The van der Waals surface area contributed by atoms with Gasteiger partial charge in [-0.2, -0.15) is 10.1 Å². The summed E-state index contributed by atoms with van der Waals surface area (Å²) in [6.45, 7) is 6.60. The van der Waals surface area contributed by atoms with E-state index in [1.54, 1.807) is 12.3 Å². The van der Waals surface area contributed by atoms with Crippen molar-refractivity contribution in [2.45, 2.75) is 12.8 Å². The van der Waals surface area contributed by atoms with Crippen molar-refractivity contribution in [3.8, 4) is 0 Å². The largest absolute Gasteiger partial charge is 0.372 e. The maximum absolute atomic E-state index is 4.35. The summed E-state index contributed by atoms with van der Waals surface area (Å²) in [6.07, 6.45) is 5.92. The standard InChI is InChI=1S/C16H20N6/c1-2-9-17-15-12-18-21-16(20-15)19-13-5-7-14(8-6-13)22-10-3-4-11-22/h2,5-8,12H,1,3-4,9-11H2,(H2,17,19,20,21). The fourth-order valence-corrected chi connectivity index (χ4v) is 2.48. The van der Waals surface area contributed by atoms with E-state index in [0.717, 1.165) is 18.8 Å². The molecule has 3 rings (SSSR count). The van der Waals surface area contributed by atoms with Gasteiger partial charge < -0.3 is 15.5 Å². The van der Waals surface area contributed by atoms with Gasteiger partial charge in [-0.3, -0.25) is 0 Å². The third kappa shape index (κ3) is 3.52. The van der Waals surface area contributed by atoms with Crippen LogP contribution in [0, 0.1) is 0 Å². The Morgan fingerprint density at radius 1 is 1.18 bits per heavy atom. The molecule has 2 aromatic rings. The van der Waals surface area contributed by atoms with Crippen LogP contribution in [0.5, 0.6) is 0 Å². The summed E-state index contributed by atoms with van der Waals surface area (Å²) in [7, 11) is 0. The molecule has 1 aromatic heterocycles. The molecule has 0 radical (unpaired) electrons. The molecule has 1 saturated heterocycles. The molecule has 6 heteroatoms. The number of hydrogen-bond donors (Lipinski definition) is 2. The first-order chi connectivity index (χ1) is 10.8. The fourth-order valence-electron chi connectivity index (χ4n) is 2.48. The van der Waals surface area contributed by atoms with E-state index < -0.39 is 0 Å². The third-order valence-electron chi connectivity index (χ3n) is 3.58. The molecule has 0 saturated carbocycles. The number of nitrogens with one attached hydrogen (secondary N) is 2. The number of hydrogen-bond acceptors (Lipinski definition) is 6. The molecule has 0 unspecified atom stereocenters. The molecule has 1 aliphatic heterocycles. The summed E-state index contributed by atoms with van der Waals surface area (Å²) in [6, 6.07) is 8.34. The summed E-state index contributed by atoms with van der Waals surface area (Å²) in [5.41, 5.74) is 2.22. The Bertz CT molecular complexity index is 619. The number of aromatic nitrogens is 3. The molecule has 0 spiro atoms. The van der Waals surface area contributed by atoms with Crippen LogP contribution < -0.4 is 15.5 Å². The van der Waals surface area contributed by atoms with E-state index >= 15 is 0 Å². The smallest absolute Gasteiger partial charge is 0.249 e. The van der Waals surface area contributed by atoms with Crippen molar-refractivity contribution in [3.05, 3.63) is 43.1 Å². The van der Waals surface area contributed by atoms with Crippen molar-refractivity contribution in [1.29, 1.82) is 0 Å². The van der Waals surface area contributed by atoms with Gasteiger partial charge in [0.05, 0.1) is 6.20 Å². The molecule has 22 heavy (non-hydrogen) atoms. The molecule has 1 fully saturated rings. The van der Waals surface area contributed by atoms with Gasteiger partial charge in [0, 0.05) is 31.0 Å². The van der Waals surface area contributed by atoms with Gasteiger partial charge in [-0.1, -0.05) is 6.08 Å². The number of rotatable bonds is 6. The van der Waals surface area contributed by atoms with Crippen LogP contribution in [-0.4, -0.2) is 34.8 Å². The molecular weight excluding hydrogens is 276 g/mol. The lowest BCUT2D eigenvalue weighted by atomic mass is 10.2. The van der Waals surface area contributed by atoms with E-state index in [2.05, 4.69) is 49.4 Å². The molecule has 1 aliphatic rings. The third-order valence-corrected chi connectivity index (χ3v) is 3.58. The molecule has 2 heterocycles. The van der Waals surface area contributed by atoms with E-state index in [1.165, 1.54) is 18.5 Å². The number of anilines is 4. The molecule has 1 aromatic carbocycles. The van der Waals surface area contributed by atoms with E-state index in [1.807, 2.05) is 12.1 Å². The first kappa shape index (κ1) is 14.3. The highest BCUT2D eigenvalue weighted by Crippen LogP contribution is 2.23. The molecule has 114 valence electrons. The predicted octanol–water partition coefficient (Wildman–Crippen LogP) is 2.81. The Kier molecular flexibility index (Phi) is 4.48. The summed E-state index contributed by atoms with van der Waals surface area (Å²) in [4.78, 5) is 6.76. The lowest BCUT2D eigenvalue weighted by Crippen LogP contribution is -2.17. The second kappa shape index (κ2) is 6.89. The van der Waals surface area contributed by atoms with Crippen LogP contribution in [0.2, 0.25) is 0 Å². The van der Waals surface area contributed by atoms with Crippen molar-refractivity contribution in [1.82, 2.24) is 15.2 Å². The van der Waals surface area contributed by atoms with Crippen LogP contribution in [-0.2, 0) is 0 Å². The van der Waals surface area contributed by atoms with Crippen molar-refractivity contribution in [2.24, 2.45) is 0 Å². The lowest BCUT2D eigenvalue weighted by molar-refractivity contribution is 0.949. The highest BCUT2D eigenvalue weighted by atomic mass is 15.3. The fraction of sp³-hybridized carbons (Fsp3) is 0.312. The monoisotopic (exact) mass is 296 g/mol. The summed E-state index contributed by atoms with van der Waals surface area (Å²) in [5, 5.41) is 14.2. The normalized spacial score (nSPS) is 13.9. The highest BCUT2D eigenvalue weighted by molar-refractivity contribution is 5.59. The van der Waals surface area contributed by atoms with Crippen LogP contribution in [0.3, 0.4) is 0 Å². The molecule has 0 bridgehead atoms. The molecule has 0 aliphatic carbocycles. The van der Waals surface area contributed by atoms with Gasteiger partial charge in [-0.05, 0) is 37.1 Å². The SMILES string of the molecule is C=CCNc1cnnc(Nc2ccc(N3CCCC3)cc2)n1. The molecular formula is C16H20N6. The van der Waals surface area contributed by atoms with E-state index in [4.69, 9.17) is 0 Å². The molecule has 2 N–H and O–H groups in total. The minimum Gasteiger partial charge on any atom is -0.372 e. The Labute approximate surface area is 130 Å². The highest BCUT2D eigenvalue weighted by Gasteiger charge is 2.11. The molecule has 0 amide bonds. The van der Waals surface area contributed by atoms with Gasteiger partial charge >= 0.3 is 0 Å². The maximum Gasteiger partial charge on any atom is 0.249 e. The van der Waals surface area contributed by atoms with Crippen LogP contribution in [0.25, 0.3) is 0 Å². The Morgan fingerprint density at radius 3 is 2.68 bits per heavy atom. The Morgan fingerprint density at radius 2 is 1.95 bits per heavy atom.